The summed E-state index contributed by atoms with van der Waals surface area (Å²) in [7, 11) is 0. The number of nitrogens with one attached hydrogen (secondary N) is 1. The van der Waals surface area contributed by atoms with Crippen LogP contribution in [0.5, 0.6) is 0 Å². The van der Waals surface area contributed by atoms with Gasteiger partial charge in [0.25, 0.3) is 0 Å². The highest BCUT2D eigenvalue weighted by Crippen LogP contribution is 2.35. The van der Waals surface area contributed by atoms with Crippen LogP contribution in [0.4, 0.5) is 10.1 Å². The average molecular weight is 364 g/mol. The van der Waals surface area contributed by atoms with Crippen LogP contribution in [0, 0.1) is 22.9 Å². The van der Waals surface area contributed by atoms with Gasteiger partial charge in [-0.3, -0.25) is 10.1 Å². The molecule has 3 rings (SSSR count). The highest BCUT2D eigenvalue weighted by molar-refractivity contribution is 9.10. The zero-order valence-electron chi connectivity index (χ0n) is 11.6. The summed E-state index contributed by atoms with van der Waals surface area (Å²) < 4.78 is 13.6. The lowest BCUT2D eigenvalue weighted by Gasteiger charge is -2.07. The van der Waals surface area contributed by atoms with Gasteiger partial charge in [-0.1, -0.05) is 28.1 Å². The number of aromatic amines is 1. The highest BCUT2D eigenvalue weighted by Gasteiger charge is 2.24. The Labute approximate surface area is 133 Å². The van der Waals surface area contributed by atoms with Crippen molar-refractivity contribution in [3.05, 3.63) is 67.7 Å². The molecule has 0 aliphatic heterocycles. The Bertz CT molecular complexity index is 875. The number of rotatable bonds is 3. The second-order valence-electron chi connectivity index (χ2n) is 4.96. The zero-order valence-corrected chi connectivity index (χ0v) is 13.1. The topological polar surface area (TPSA) is 71.8 Å². The van der Waals surface area contributed by atoms with Crippen LogP contribution in [0.15, 0.2) is 34.8 Å². The molecule has 22 heavy (non-hydrogen) atoms. The largest absolute Gasteiger partial charge is 0.342 e. The van der Waals surface area contributed by atoms with Crippen molar-refractivity contribution in [2.24, 2.45) is 0 Å². The number of nitro groups is 1. The molecule has 0 saturated heterocycles. The summed E-state index contributed by atoms with van der Waals surface area (Å²) in [4.78, 5) is 18.3. The van der Waals surface area contributed by atoms with Crippen molar-refractivity contribution in [1.29, 1.82) is 0 Å². The predicted octanol–water partition coefficient (Wildman–Crippen LogP) is 4.27. The molecule has 5 nitrogen and oxygen atoms in total. The maximum absolute atomic E-state index is 13.0. The Morgan fingerprint density at radius 3 is 2.68 bits per heavy atom. The van der Waals surface area contributed by atoms with Crippen LogP contribution in [-0.4, -0.2) is 14.9 Å². The third-order valence-corrected chi connectivity index (χ3v) is 4.10. The van der Waals surface area contributed by atoms with Gasteiger partial charge in [-0.25, -0.2) is 9.37 Å². The summed E-state index contributed by atoms with van der Waals surface area (Å²) in [6, 6.07) is 7.69. The minimum atomic E-state index is -0.424. The Morgan fingerprint density at radius 1 is 1.36 bits per heavy atom. The third kappa shape index (κ3) is 2.59. The van der Waals surface area contributed by atoms with E-state index in [2.05, 4.69) is 25.9 Å². The SMILES string of the molecule is Cc1nc2c([N+](=O)[O-])c(Cc3ccc(F)cc3)c(Br)cc2[nH]1. The first-order chi connectivity index (χ1) is 10.5. The smallest absolute Gasteiger partial charge is 0.301 e. The molecule has 0 bridgehead atoms. The normalized spacial score (nSPS) is 11.0. The molecule has 112 valence electrons. The number of H-pyrrole nitrogens is 1. The van der Waals surface area contributed by atoms with Crippen molar-refractivity contribution in [1.82, 2.24) is 9.97 Å². The number of aromatic nitrogens is 2. The van der Waals surface area contributed by atoms with E-state index in [9.17, 15) is 14.5 Å². The van der Waals surface area contributed by atoms with Crippen molar-refractivity contribution in [2.45, 2.75) is 13.3 Å². The van der Waals surface area contributed by atoms with Crippen molar-refractivity contribution >= 4 is 32.7 Å². The van der Waals surface area contributed by atoms with E-state index in [1.54, 1.807) is 25.1 Å². The van der Waals surface area contributed by atoms with E-state index in [4.69, 9.17) is 0 Å². The first-order valence-corrected chi connectivity index (χ1v) is 7.31. The number of imidazole rings is 1. The molecule has 1 N–H and O–H groups in total. The van der Waals surface area contributed by atoms with Gasteiger partial charge in [0, 0.05) is 10.9 Å². The monoisotopic (exact) mass is 363 g/mol. The van der Waals surface area contributed by atoms with Crippen LogP contribution in [0.2, 0.25) is 0 Å². The molecule has 3 aromatic rings. The molecule has 0 unspecified atom stereocenters. The minimum Gasteiger partial charge on any atom is -0.342 e. The van der Waals surface area contributed by atoms with Crippen LogP contribution in [-0.2, 0) is 6.42 Å². The van der Waals surface area contributed by atoms with Crippen molar-refractivity contribution in [3.8, 4) is 0 Å². The standard InChI is InChI=1S/C15H11BrFN3O2/c1-8-18-13-7-12(16)11(15(20(21)22)14(13)19-8)6-9-2-4-10(17)5-3-9/h2-5,7H,6H2,1H3,(H,18,19). The number of hydrogen-bond acceptors (Lipinski definition) is 3. The summed E-state index contributed by atoms with van der Waals surface area (Å²) in [5, 5.41) is 11.5. The first-order valence-electron chi connectivity index (χ1n) is 6.52. The first kappa shape index (κ1) is 14.6. The fraction of sp³-hybridized carbons (Fsp3) is 0.133. The van der Waals surface area contributed by atoms with Gasteiger partial charge in [0.2, 0.25) is 0 Å². The van der Waals surface area contributed by atoms with E-state index in [0.29, 0.717) is 33.3 Å². The Balaban J connectivity index is 2.18. The molecule has 0 atom stereocenters. The van der Waals surface area contributed by atoms with E-state index >= 15 is 0 Å². The molecule has 0 saturated carbocycles. The quantitative estimate of drug-likeness (QED) is 0.557. The summed E-state index contributed by atoms with van der Waals surface area (Å²) in [6.07, 6.45) is 0.318. The van der Waals surface area contributed by atoms with Gasteiger partial charge in [-0.2, -0.15) is 0 Å². The maximum atomic E-state index is 13.0. The fourth-order valence-corrected chi connectivity index (χ4v) is 2.99. The van der Waals surface area contributed by atoms with Crippen LogP contribution in [0.3, 0.4) is 0 Å². The average Bonchev–Trinajstić information content (AvgIpc) is 2.81. The van der Waals surface area contributed by atoms with Crippen molar-refractivity contribution < 1.29 is 9.31 Å². The molecule has 0 aliphatic carbocycles. The van der Waals surface area contributed by atoms with Gasteiger partial charge in [0.1, 0.15) is 11.6 Å². The number of hydrogen-bond donors (Lipinski definition) is 1. The second kappa shape index (κ2) is 5.49. The molecule has 1 heterocycles. The van der Waals surface area contributed by atoms with Gasteiger partial charge in [0.05, 0.1) is 16.0 Å². The van der Waals surface area contributed by atoms with Crippen molar-refractivity contribution in [2.75, 3.05) is 0 Å². The molecule has 0 amide bonds. The molecule has 0 fully saturated rings. The maximum Gasteiger partial charge on any atom is 0.301 e. The molecule has 2 aromatic carbocycles. The lowest BCUT2D eigenvalue weighted by atomic mass is 10.0. The minimum absolute atomic E-state index is 0.0296. The lowest BCUT2D eigenvalue weighted by Crippen LogP contribution is -1.99. The van der Waals surface area contributed by atoms with Gasteiger partial charge >= 0.3 is 5.69 Å². The van der Waals surface area contributed by atoms with E-state index in [1.807, 2.05) is 0 Å². The summed E-state index contributed by atoms with van der Waals surface area (Å²) in [5.74, 6) is 0.277. The highest BCUT2D eigenvalue weighted by atomic mass is 79.9. The summed E-state index contributed by atoms with van der Waals surface area (Å²) in [5.41, 5.74) is 2.23. The van der Waals surface area contributed by atoms with E-state index < -0.39 is 4.92 Å². The number of aryl methyl sites for hydroxylation is 1. The number of fused-ring (bicyclic) bond motifs is 1. The predicted molar refractivity (Wildman–Crippen MR) is 84.4 cm³/mol. The Morgan fingerprint density at radius 2 is 2.05 bits per heavy atom. The number of halogens is 2. The molecular weight excluding hydrogens is 353 g/mol. The van der Waals surface area contributed by atoms with Crippen LogP contribution in [0.1, 0.15) is 17.0 Å². The van der Waals surface area contributed by atoms with Crippen LogP contribution < -0.4 is 0 Å². The summed E-state index contributed by atoms with van der Waals surface area (Å²) in [6.45, 7) is 1.75. The zero-order chi connectivity index (χ0) is 15.9. The molecule has 0 aliphatic rings. The summed E-state index contributed by atoms with van der Waals surface area (Å²) >= 11 is 3.39. The molecule has 0 spiro atoms. The molecular formula is C15H11BrFN3O2. The Kier molecular flexibility index (Phi) is 3.66. The number of nitro benzene ring substituents is 1. The number of benzene rings is 2. The van der Waals surface area contributed by atoms with Crippen LogP contribution >= 0.6 is 15.9 Å². The van der Waals surface area contributed by atoms with Gasteiger partial charge < -0.3 is 4.98 Å². The van der Waals surface area contributed by atoms with E-state index in [0.717, 1.165) is 5.56 Å². The number of nitrogens with zero attached hydrogens (tertiary/aromatic N) is 2. The molecule has 1 aromatic heterocycles. The van der Waals surface area contributed by atoms with Crippen molar-refractivity contribution in [3.63, 3.8) is 0 Å². The second-order valence-corrected chi connectivity index (χ2v) is 5.82. The van der Waals surface area contributed by atoms with E-state index in [-0.39, 0.29) is 11.5 Å². The van der Waals surface area contributed by atoms with Gasteiger partial charge in [0.15, 0.2) is 5.52 Å². The molecule has 0 radical (unpaired) electrons. The van der Waals surface area contributed by atoms with Gasteiger partial charge in [-0.05, 0) is 30.7 Å². The lowest BCUT2D eigenvalue weighted by molar-refractivity contribution is -0.383. The van der Waals surface area contributed by atoms with E-state index in [1.165, 1.54) is 12.1 Å². The fourth-order valence-electron chi connectivity index (χ4n) is 2.44. The van der Waals surface area contributed by atoms with Gasteiger partial charge in [-0.15, -0.1) is 0 Å². The molecule has 7 heteroatoms. The third-order valence-electron chi connectivity index (χ3n) is 3.40. The van der Waals surface area contributed by atoms with Crippen LogP contribution in [0.25, 0.3) is 11.0 Å². The Hall–Kier alpha value is -2.28.